The third-order valence-corrected chi connectivity index (χ3v) is 5.86. The summed E-state index contributed by atoms with van der Waals surface area (Å²) in [6.07, 6.45) is 1.60. The summed E-state index contributed by atoms with van der Waals surface area (Å²) in [6.45, 7) is 4.92. The molecule has 1 saturated heterocycles. The Morgan fingerprint density at radius 2 is 1.73 bits per heavy atom. The van der Waals surface area contributed by atoms with E-state index in [2.05, 4.69) is 5.32 Å². The number of halogens is 2. The summed E-state index contributed by atoms with van der Waals surface area (Å²) in [5, 5.41) is 3.71. The van der Waals surface area contributed by atoms with Gasteiger partial charge in [0, 0.05) is 24.2 Å². The number of carbonyl (C=O) groups is 2. The summed E-state index contributed by atoms with van der Waals surface area (Å²) < 4.78 is 18.6. The van der Waals surface area contributed by atoms with Crippen molar-refractivity contribution in [1.29, 1.82) is 0 Å². The van der Waals surface area contributed by atoms with Crippen molar-refractivity contribution in [2.75, 3.05) is 19.7 Å². The van der Waals surface area contributed by atoms with Crippen molar-refractivity contribution >= 4 is 23.4 Å². The smallest absolute Gasteiger partial charge is 0.260 e. The van der Waals surface area contributed by atoms with Gasteiger partial charge in [-0.25, -0.2) is 4.39 Å². The number of piperidine rings is 1. The predicted molar refractivity (Wildman–Crippen MR) is 114 cm³/mol. The lowest BCUT2D eigenvalue weighted by Gasteiger charge is -2.32. The van der Waals surface area contributed by atoms with Crippen LogP contribution in [0.4, 0.5) is 4.39 Å². The van der Waals surface area contributed by atoms with Gasteiger partial charge < -0.3 is 15.0 Å². The summed E-state index contributed by atoms with van der Waals surface area (Å²) in [7, 11) is 0. The molecule has 2 aromatic carbocycles. The highest BCUT2D eigenvalue weighted by molar-refractivity contribution is 6.32. The summed E-state index contributed by atoms with van der Waals surface area (Å²) >= 11 is 6.16. The van der Waals surface area contributed by atoms with E-state index in [1.54, 1.807) is 17.0 Å². The number of nitrogens with one attached hydrogen (secondary N) is 1. The highest BCUT2D eigenvalue weighted by Gasteiger charge is 2.24. The number of carbonyl (C=O) groups excluding carboxylic acids is 2. The van der Waals surface area contributed by atoms with Crippen LogP contribution in [0.25, 0.3) is 0 Å². The van der Waals surface area contributed by atoms with Gasteiger partial charge in [-0.15, -0.1) is 0 Å². The summed E-state index contributed by atoms with van der Waals surface area (Å²) in [5.74, 6) is 0.145. The minimum absolute atomic E-state index is 0.0257. The van der Waals surface area contributed by atoms with E-state index in [1.807, 2.05) is 26.0 Å². The van der Waals surface area contributed by atoms with Crippen molar-refractivity contribution in [3.05, 3.63) is 63.9 Å². The second-order valence-corrected chi connectivity index (χ2v) is 8.06. The maximum Gasteiger partial charge on any atom is 0.260 e. The van der Waals surface area contributed by atoms with Crippen molar-refractivity contribution in [3.63, 3.8) is 0 Å². The largest absolute Gasteiger partial charge is 0.484 e. The molecule has 5 nitrogen and oxygen atoms in total. The third-order valence-electron chi connectivity index (χ3n) is 5.26. The van der Waals surface area contributed by atoms with E-state index >= 15 is 0 Å². The highest BCUT2D eigenvalue weighted by Crippen LogP contribution is 2.26. The topological polar surface area (TPSA) is 58.6 Å². The minimum atomic E-state index is -0.318. The number of amides is 2. The zero-order valence-corrected chi connectivity index (χ0v) is 18.0. The molecule has 0 aliphatic carbocycles. The second-order valence-electron chi connectivity index (χ2n) is 7.69. The number of rotatable bonds is 6. The van der Waals surface area contributed by atoms with Crippen LogP contribution in [0.15, 0.2) is 36.4 Å². The summed E-state index contributed by atoms with van der Waals surface area (Å²) in [5.41, 5.74) is 2.60. The molecule has 1 fully saturated rings. The van der Waals surface area contributed by atoms with Crippen LogP contribution in [0.2, 0.25) is 5.02 Å². The molecule has 3 rings (SSSR count). The number of ether oxygens (including phenoxy) is 1. The molecule has 30 heavy (non-hydrogen) atoms. The molecule has 1 aliphatic heterocycles. The van der Waals surface area contributed by atoms with Gasteiger partial charge in [-0.3, -0.25) is 9.59 Å². The first kappa shape index (κ1) is 22.1. The number of likely N-dealkylation sites (tertiary alicyclic amines) is 1. The lowest BCUT2D eigenvalue weighted by atomic mass is 10.0. The van der Waals surface area contributed by atoms with Crippen molar-refractivity contribution in [3.8, 4) is 5.75 Å². The van der Waals surface area contributed by atoms with Crippen LogP contribution in [-0.2, 0) is 16.0 Å². The van der Waals surface area contributed by atoms with Gasteiger partial charge in [-0.1, -0.05) is 23.7 Å². The van der Waals surface area contributed by atoms with Crippen molar-refractivity contribution < 1.29 is 18.7 Å². The Morgan fingerprint density at radius 1 is 1.13 bits per heavy atom. The first-order chi connectivity index (χ1) is 14.3. The number of hydrogen-bond acceptors (Lipinski definition) is 3. The van der Waals surface area contributed by atoms with Crippen molar-refractivity contribution in [2.45, 2.75) is 39.2 Å². The average molecular weight is 433 g/mol. The Bertz CT molecular complexity index is 886. The molecule has 1 heterocycles. The molecule has 0 saturated carbocycles. The van der Waals surface area contributed by atoms with E-state index in [9.17, 15) is 14.0 Å². The molecule has 1 aliphatic rings. The monoisotopic (exact) mass is 432 g/mol. The first-order valence-electron chi connectivity index (χ1n) is 10.0. The van der Waals surface area contributed by atoms with Gasteiger partial charge in [-0.2, -0.15) is 0 Å². The SMILES string of the molecule is Cc1cc(OCC(=O)N2CCC(NC(=O)Cc3ccc(F)cc3)CC2)cc(C)c1Cl. The molecule has 160 valence electrons. The Kier molecular flexibility index (Phi) is 7.32. The standard InChI is InChI=1S/C23H26ClFN2O3/c1-15-11-20(12-16(2)23(15)24)30-14-22(29)27-9-7-19(8-10-27)26-21(28)13-17-3-5-18(25)6-4-17/h3-6,11-12,19H,7-10,13-14H2,1-2H3,(H,26,28). The van der Waals surface area contributed by atoms with Crippen LogP contribution >= 0.6 is 11.6 Å². The second kappa shape index (κ2) is 9.94. The van der Waals surface area contributed by atoms with Gasteiger partial charge >= 0.3 is 0 Å². The Balaban J connectivity index is 1.41. The van der Waals surface area contributed by atoms with E-state index in [0.717, 1.165) is 16.7 Å². The molecule has 0 radical (unpaired) electrons. The normalized spacial score (nSPS) is 14.5. The quantitative estimate of drug-likeness (QED) is 0.754. The van der Waals surface area contributed by atoms with Gasteiger partial charge in [0.25, 0.3) is 5.91 Å². The fourth-order valence-electron chi connectivity index (χ4n) is 3.57. The van der Waals surface area contributed by atoms with Gasteiger partial charge in [0.2, 0.25) is 5.91 Å². The lowest BCUT2D eigenvalue weighted by Crippen LogP contribution is -2.48. The molecular weight excluding hydrogens is 407 g/mol. The van der Waals surface area contributed by atoms with Crippen LogP contribution in [0.3, 0.4) is 0 Å². The van der Waals surface area contributed by atoms with Gasteiger partial charge in [-0.05, 0) is 67.6 Å². The van der Waals surface area contributed by atoms with Gasteiger partial charge in [0.1, 0.15) is 11.6 Å². The van der Waals surface area contributed by atoms with E-state index in [0.29, 0.717) is 36.7 Å². The molecule has 0 aromatic heterocycles. The first-order valence-corrected chi connectivity index (χ1v) is 10.4. The highest BCUT2D eigenvalue weighted by atomic mass is 35.5. The van der Waals surface area contributed by atoms with E-state index in [4.69, 9.17) is 16.3 Å². The Morgan fingerprint density at radius 3 is 2.33 bits per heavy atom. The van der Waals surface area contributed by atoms with E-state index in [1.165, 1.54) is 12.1 Å². The zero-order valence-electron chi connectivity index (χ0n) is 17.2. The van der Waals surface area contributed by atoms with Crippen LogP contribution < -0.4 is 10.1 Å². The lowest BCUT2D eigenvalue weighted by molar-refractivity contribution is -0.134. The summed E-state index contributed by atoms with van der Waals surface area (Å²) in [6, 6.07) is 9.60. The van der Waals surface area contributed by atoms with Crippen LogP contribution in [0.5, 0.6) is 5.75 Å². The maximum atomic E-state index is 13.0. The fourth-order valence-corrected chi connectivity index (χ4v) is 3.67. The summed E-state index contributed by atoms with van der Waals surface area (Å²) in [4.78, 5) is 26.4. The molecule has 7 heteroatoms. The molecule has 2 aromatic rings. The predicted octanol–water partition coefficient (Wildman–Crippen LogP) is 3.82. The minimum Gasteiger partial charge on any atom is -0.484 e. The molecule has 0 spiro atoms. The molecule has 2 amide bonds. The van der Waals surface area contributed by atoms with Crippen molar-refractivity contribution in [2.24, 2.45) is 0 Å². The molecule has 0 unspecified atom stereocenters. The number of aryl methyl sites for hydroxylation is 2. The molecule has 1 N–H and O–H groups in total. The number of nitrogens with zero attached hydrogens (tertiary/aromatic N) is 1. The Hall–Kier alpha value is -2.60. The zero-order chi connectivity index (χ0) is 21.7. The molecule has 0 bridgehead atoms. The van der Waals surface area contributed by atoms with E-state index < -0.39 is 0 Å². The molecular formula is C23H26ClFN2O3. The van der Waals surface area contributed by atoms with Crippen molar-refractivity contribution in [1.82, 2.24) is 10.2 Å². The Labute approximate surface area is 181 Å². The van der Waals surface area contributed by atoms with Crippen LogP contribution in [-0.4, -0.2) is 42.5 Å². The fraction of sp³-hybridized carbons (Fsp3) is 0.391. The van der Waals surface area contributed by atoms with Crippen LogP contribution in [0, 0.1) is 19.7 Å². The van der Waals surface area contributed by atoms with E-state index in [-0.39, 0.29) is 36.7 Å². The maximum absolute atomic E-state index is 13.0. The number of benzene rings is 2. The molecule has 0 atom stereocenters. The van der Waals surface area contributed by atoms with Gasteiger partial charge in [0.15, 0.2) is 6.61 Å². The third kappa shape index (κ3) is 5.95. The van der Waals surface area contributed by atoms with Crippen LogP contribution in [0.1, 0.15) is 29.5 Å². The average Bonchev–Trinajstić information content (AvgIpc) is 2.72. The number of hydrogen-bond donors (Lipinski definition) is 1. The van der Waals surface area contributed by atoms with Gasteiger partial charge in [0.05, 0.1) is 6.42 Å².